The van der Waals surface area contributed by atoms with Crippen molar-refractivity contribution in [2.45, 2.75) is 13.8 Å². The fourth-order valence-electron chi connectivity index (χ4n) is 1.15. The van der Waals surface area contributed by atoms with Crippen LogP contribution in [0, 0.1) is 0 Å². The summed E-state index contributed by atoms with van der Waals surface area (Å²) >= 11 is 0. The van der Waals surface area contributed by atoms with E-state index in [1.165, 1.54) is 6.08 Å². The first-order valence-corrected chi connectivity index (χ1v) is 5.08. The van der Waals surface area contributed by atoms with Gasteiger partial charge in [-0.3, -0.25) is 0 Å². The zero-order valence-corrected chi connectivity index (χ0v) is 9.52. The van der Waals surface area contributed by atoms with E-state index < -0.39 is 23.5 Å². The van der Waals surface area contributed by atoms with Crippen molar-refractivity contribution in [2.75, 3.05) is 13.2 Å². The van der Waals surface area contributed by atoms with Crippen LogP contribution in [-0.2, 0) is 28.6 Å². The Hall–Kier alpha value is -2.11. The minimum atomic E-state index is -0.875. The first kappa shape index (κ1) is 13.0. The van der Waals surface area contributed by atoms with Crippen LogP contribution in [0.3, 0.4) is 0 Å². The summed E-state index contributed by atoms with van der Waals surface area (Å²) in [6, 6.07) is 0. The first-order chi connectivity index (χ1) is 8.10. The highest BCUT2D eigenvalue weighted by molar-refractivity contribution is 6.15. The van der Waals surface area contributed by atoms with Crippen LogP contribution in [-0.4, -0.2) is 31.1 Å². The number of cyclic esters (lactones) is 1. The maximum atomic E-state index is 11.5. The molecule has 0 saturated carbocycles. The molecule has 0 radical (unpaired) electrons. The van der Waals surface area contributed by atoms with Crippen molar-refractivity contribution in [3.05, 3.63) is 23.5 Å². The molecule has 1 rings (SSSR count). The molecule has 1 aliphatic heterocycles. The summed E-state index contributed by atoms with van der Waals surface area (Å²) in [5.74, 6) is -2.54. The standard InChI is InChI=1S/C11H12O6/c1-3-15-10(13)9(11(14)16-4-2)7-5-6-8(12)17-7/h5-6H,3-4H2,1-2H3. The molecule has 0 aromatic rings. The van der Waals surface area contributed by atoms with Gasteiger partial charge < -0.3 is 14.2 Å². The third-order valence-electron chi connectivity index (χ3n) is 1.79. The second-order valence-corrected chi connectivity index (χ2v) is 2.93. The Kier molecular flexibility index (Phi) is 4.45. The van der Waals surface area contributed by atoms with Crippen LogP contribution in [0.15, 0.2) is 23.5 Å². The number of carbonyl (C=O) groups is 3. The zero-order chi connectivity index (χ0) is 12.8. The monoisotopic (exact) mass is 240 g/mol. The number of hydrogen-bond donors (Lipinski definition) is 0. The number of hydrogen-bond acceptors (Lipinski definition) is 6. The Morgan fingerprint density at radius 2 is 1.65 bits per heavy atom. The summed E-state index contributed by atoms with van der Waals surface area (Å²) in [6.45, 7) is 3.41. The van der Waals surface area contributed by atoms with Crippen molar-refractivity contribution in [3.63, 3.8) is 0 Å². The maximum Gasteiger partial charge on any atom is 0.349 e. The van der Waals surface area contributed by atoms with Crippen LogP contribution >= 0.6 is 0 Å². The highest BCUT2D eigenvalue weighted by atomic mass is 16.6. The van der Waals surface area contributed by atoms with Gasteiger partial charge in [0.1, 0.15) is 0 Å². The molecule has 0 spiro atoms. The Morgan fingerprint density at radius 3 is 2.00 bits per heavy atom. The fraction of sp³-hybridized carbons (Fsp3) is 0.364. The van der Waals surface area contributed by atoms with Crippen molar-refractivity contribution in [2.24, 2.45) is 0 Å². The van der Waals surface area contributed by atoms with Gasteiger partial charge in [-0.1, -0.05) is 0 Å². The summed E-state index contributed by atoms with van der Waals surface area (Å²) in [5.41, 5.74) is -0.407. The van der Waals surface area contributed by atoms with E-state index in [0.717, 1.165) is 6.08 Å². The number of ether oxygens (including phenoxy) is 3. The summed E-state index contributed by atoms with van der Waals surface area (Å²) in [7, 11) is 0. The zero-order valence-electron chi connectivity index (χ0n) is 9.52. The highest BCUT2D eigenvalue weighted by Gasteiger charge is 2.29. The van der Waals surface area contributed by atoms with E-state index in [-0.39, 0.29) is 19.0 Å². The second kappa shape index (κ2) is 5.83. The van der Waals surface area contributed by atoms with Crippen LogP contribution in [0.2, 0.25) is 0 Å². The normalized spacial score (nSPS) is 13.3. The minimum Gasteiger partial charge on any atom is -0.462 e. The molecule has 0 atom stereocenters. The Balaban J connectivity index is 3.02. The predicted octanol–water partition coefficient (Wildman–Crippen LogP) is 0.480. The second-order valence-electron chi connectivity index (χ2n) is 2.93. The van der Waals surface area contributed by atoms with Gasteiger partial charge in [0.25, 0.3) is 0 Å². The third kappa shape index (κ3) is 3.17. The summed E-state index contributed by atoms with van der Waals surface area (Å²) in [5, 5.41) is 0. The van der Waals surface area contributed by atoms with E-state index in [1.807, 2.05) is 0 Å². The molecule has 0 unspecified atom stereocenters. The molecule has 1 aliphatic rings. The summed E-state index contributed by atoms with van der Waals surface area (Å²) < 4.78 is 14.1. The molecular formula is C11H12O6. The van der Waals surface area contributed by atoms with E-state index in [0.29, 0.717) is 0 Å². The lowest BCUT2D eigenvalue weighted by Crippen LogP contribution is -2.20. The van der Waals surface area contributed by atoms with E-state index in [9.17, 15) is 14.4 Å². The predicted molar refractivity (Wildman–Crippen MR) is 55.5 cm³/mol. The topological polar surface area (TPSA) is 78.9 Å². The molecule has 0 amide bonds. The van der Waals surface area contributed by atoms with Gasteiger partial charge in [-0.25, -0.2) is 14.4 Å². The van der Waals surface area contributed by atoms with Crippen LogP contribution < -0.4 is 0 Å². The smallest absolute Gasteiger partial charge is 0.349 e. The van der Waals surface area contributed by atoms with E-state index in [1.54, 1.807) is 13.8 Å². The minimum absolute atomic E-state index is 0.104. The summed E-state index contributed by atoms with van der Waals surface area (Å²) in [4.78, 5) is 34.0. The van der Waals surface area contributed by atoms with Crippen molar-refractivity contribution >= 4 is 17.9 Å². The number of esters is 3. The lowest BCUT2D eigenvalue weighted by Gasteiger charge is -2.08. The van der Waals surface area contributed by atoms with Gasteiger partial charge in [0.15, 0.2) is 11.3 Å². The van der Waals surface area contributed by atoms with E-state index in [4.69, 9.17) is 9.47 Å². The molecule has 0 aromatic carbocycles. The summed E-state index contributed by atoms with van der Waals surface area (Å²) in [6.07, 6.45) is 2.33. The Labute approximate surface area is 97.8 Å². The Bertz CT molecular complexity index is 384. The molecule has 92 valence electrons. The molecule has 1 heterocycles. The van der Waals surface area contributed by atoms with Gasteiger partial charge in [0.05, 0.1) is 13.2 Å². The average molecular weight is 240 g/mol. The maximum absolute atomic E-state index is 11.5. The van der Waals surface area contributed by atoms with Gasteiger partial charge in [0, 0.05) is 6.08 Å². The number of rotatable bonds is 4. The molecule has 0 saturated heterocycles. The molecule has 17 heavy (non-hydrogen) atoms. The molecule has 6 heteroatoms. The van der Waals surface area contributed by atoms with Gasteiger partial charge in [-0.05, 0) is 19.9 Å². The lowest BCUT2D eigenvalue weighted by atomic mass is 10.2. The quantitative estimate of drug-likeness (QED) is 0.234. The van der Waals surface area contributed by atoms with Gasteiger partial charge in [-0.2, -0.15) is 0 Å². The van der Waals surface area contributed by atoms with Crippen molar-refractivity contribution in [1.82, 2.24) is 0 Å². The number of carbonyl (C=O) groups excluding carboxylic acids is 3. The lowest BCUT2D eigenvalue weighted by molar-refractivity contribution is -0.147. The number of allylic oxidation sites excluding steroid dienone is 1. The molecular weight excluding hydrogens is 228 g/mol. The van der Waals surface area contributed by atoms with Crippen LogP contribution in [0.4, 0.5) is 0 Å². The van der Waals surface area contributed by atoms with E-state index >= 15 is 0 Å². The van der Waals surface area contributed by atoms with Crippen LogP contribution in [0.1, 0.15) is 13.8 Å². The van der Waals surface area contributed by atoms with Crippen LogP contribution in [0.25, 0.3) is 0 Å². The fourth-order valence-corrected chi connectivity index (χ4v) is 1.15. The van der Waals surface area contributed by atoms with Crippen LogP contribution in [0.5, 0.6) is 0 Å². The van der Waals surface area contributed by atoms with Gasteiger partial charge in [-0.15, -0.1) is 0 Å². The van der Waals surface area contributed by atoms with Crippen molar-refractivity contribution < 1.29 is 28.6 Å². The van der Waals surface area contributed by atoms with Gasteiger partial charge >= 0.3 is 17.9 Å². The average Bonchev–Trinajstić information content (AvgIpc) is 2.66. The largest absolute Gasteiger partial charge is 0.462 e. The Morgan fingerprint density at radius 1 is 1.12 bits per heavy atom. The molecule has 0 aliphatic carbocycles. The van der Waals surface area contributed by atoms with Crippen molar-refractivity contribution in [3.8, 4) is 0 Å². The molecule has 0 fully saturated rings. The van der Waals surface area contributed by atoms with E-state index in [2.05, 4.69) is 4.74 Å². The SMILES string of the molecule is CCOC(=O)C(C(=O)OCC)=C1C=CC(=O)O1. The van der Waals surface area contributed by atoms with Crippen molar-refractivity contribution in [1.29, 1.82) is 0 Å². The molecule has 0 aromatic heterocycles. The molecule has 6 nitrogen and oxygen atoms in total. The molecule has 0 N–H and O–H groups in total. The highest BCUT2D eigenvalue weighted by Crippen LogP contribution is 2.17. The molecule has 0 bridgehead atoms. The third-order valence-corrected chi connectivity index (χ3v) is 1.79. The van der Waals surface area contributed by atoms with Gasteiger partial charge in [0.2, 0.25) is 0 Å². The first-order valence-electron chi connectivity index (χ1n) is 5.08.